The molecule has 1 aromatic heterocycles. The van der Waals surface area contributed by atoms with Crippen molar-refractivity contribution in [2.45, 2.75) is 19.8 Å². The summed E-state index contributed by atoms with van der Waals surface area (Å²) in [5.74, 6) is 0.589. The van der Waals surface area contributed by atoms with E-state index in [0.29, 0.717) is 22.4 Å². The number of hydrogen-bond donors (Lipinski definition) is 2. The van der Waals surface area contributed by atoms with Crippen LogP contribution in [0.3, 0.4) is 0 Å². The number of nitrogens with one attached hydrogen (secondary N) is 1. The fourth-order valence-electron chi connectivity index (χ4n) is 1.32. The second-order valence-electron chi connectivity index (χ2n) is 3.55. The van der Waals surface area contributed by atoms with E-state index in [4.69, 9.17) is 5.11 Å². The molecule has 1 aromatic rings. The number of pyridine rings is 1. The van der Waals surface area contributed by atoms with Crippen LogP contribution >= 0.6 is 15.9 Å². The summed E-state index contributed by atoms with van der Waals surface area (Å²) < 4.78 is 0.607. The number of halogens is 1. The molecule has 94 valence electrons. The van der Waals surface area contributed by atoms with E-state index < -0.39 is 4.92 Å². The molecule has 17 heavy (non-hydrogen) atoms. The maximum absolute atomic E-state index is 10.7. The lowest BCUT2D eigenvalue weighted by Crippen LogP contribution is -2.06. The molecule has 0 aliphatic rings. The van der Waals surface area contributed by atoms with Crippen LogP contribution in [0.25, 0.3) is 0 Å². The molecule has 0 bridgehead atoms. The zero-order valence-corrected chi connectivity index (χ0v) is 11.0. The summed E-state index contributed by atoms with van der Waals surface area (Å²) in [5.41, 5.74) is 0.549. The van der Waals surface area contributed by atoms with E-state index >= 15 is 0 Å². The number of rotatable bonds is 6. The van der Waals surface area contributed by atoms with Gasteiger partial charge in [-0.05, 0) is 35.7 Å². The van der Waals surface area contributed by atoms with Gasteiger partial charge in [0.25, 0.3) is 5.69 Å². The van der Waals surface area contributed by atoms with Crippen molar-refractivity contribution in [3.8, 4) is 0 Å². The maximum atomic E-state index is 10.7. The van der Waals surface area contributed by atoms with E-state index in [1.807, 2.05) is 0 Å². The van der Waals surface area contributed by atoms with E-state index in [0.717, 1.165) is 12.8 Å². The minimum absolute atomic E-state index is 0.00205. The molecule has 6 nitrogen and oxygen atoms in total. The highest BCUT2D eigenvalue weighted by molar-refractivity contribution is 9.10. The van der Waals surface area contributed by atoms with Crippen molar-refractivity contribution in [1.82, 2.24) is 4.98 Å². The number of nitro groups is 1. The van der Waals surface area contributed by atoms with Crippen LogP contribution in [-0.2, 0) is 0 Å². The number of nitrogens with zero attached hydrogens (tertiary/aromatic N) is 2. The van der Waals surface area contributed by atoms with Crippen molar-refractivity contribution >= 4 is 27.4 Å². The van der Waals surface area contributed by atoms with Crippen LogP contribution < -0.4 is 5.32 Å². The Bertz CT molecular complexity index is 412. The molecule has 0 aromatic carbocycles. The van der Waals surface area contributed by atoms with Crippen LogP contribution in [0.2, 0.25) is 0 Å². The Hall–Kier alpha value is -1.21. The third kappa shape index (κ3) is 3.64. The first kappa shape index (κ1) is 13.9. The second-order valence-corrected chi connectivity index (χ2v) is 4.34. The first-order valence-corrected chi connectivity index (χ1v) is 6.01. The minimum Gasteiger partial charge on any atom is -0.396 e. The molecule has 1 heterocycles. The SMILES string of the molecule is Cc1c([N+](=O)[O-])cnc(NCCCCO)c1Br. The predicted molar refractivity (Wildman–Crippen MR) is 68.1 cm³/mol. The predicted octanol–water partition coefficient (Wildman–Crippen LogP) is 2.25. The maximum Gasteiger partial charge on any atom is 0.291 e. The Balaban J connectivity index is 2.75. The average molecular weight is 304 g/mol. The van der Waals surface area contributed by atoms with Crippen molar-refractivity contribution in [1.29, 1.82) is 0 Å². The summed E-state index contributed by atoms with van der Waals surface area (Å²) in [6, 6.07) is 0. The lowest BCUT2D eigenvalue weighted by Gasteiger charge is -2.08. The normalized spacial score (nSPS) is 10.3. The number of aliphatic hydroxyl groups is 1. The van der Waals surface area contributed by atoms with Crippen LogP contribution in [0.4, 0.5) is 11.5 Å². The largest absolute Gasteiger partial charge is 0.396 e. The lowest BCUT2D eigenvalue weighted by atomic mass is 10.2. The molecule has 0 amide bonds. The van der Waals surface area contributed by atoms with Crippen LogP contribution in [-0.4, -0.2) is 28.2 Å². The quantitative estimate of drug-likeness (QED) is 0.478. The Morgan fingerprint density at radius 1 is 1.59 bits per heavy atom. The van der Waals surface area contributed by atoms with Gasteiger partial charge in [-0.3, -0.25) is 10.1 Å². The standard InChI is InChI=1S/C10H14BrN3O3/c1-7-8(14(16)17)6-13-10(9(7)11)12-4-2-3-5-15/h6,15H,2-5H2,1H3,(H,12,13). The smallest absolute Gasteiger partial charge is 0.291 e. The van der Waals surface area contributed by atoms with Gasteiger partial charge in [0.05, 0.1) is 9.40 Å². The van der Waals surface area contributed by atoms with Crippen LogP contribution in [0.15, 0.2) is 10.7 Å². The molecule has 7 heteroatoms. The molecule has 1 rings (SSSR count). The third-order valence-electron chi connectivity index (χ3n) is 2.31. The van der Waals surface area contributed by atoms with Crippen molar-refractivity contribution < 1.29 is 10.0 Å². The van der Waals surface area contributed by atoms with E-state index in [1.165, 1.54) is 6.20 Å². The Kier molecular flexibility index (Phi) is 5.30. The van der Waals surface area contributed by atoms with E-state index in [-0.39, 0.29) is 12.3 Å². The van der Waals surface area contributed by atoms with Crippen molar-refractivity contribution in [2.75, 3.05) is 18.5 Å². The van der Waals surface area contributed by atoms with Gasteiger partial charge in [-0.15, -0.1) is 0 Å². The molecule has 0 fully saturated rings. The highest BCUT2D eigenvalue weighted by Crippen LogP contribution is 2.30. The van der Waals surface area contributed by atoms with Gasteiger partial charge in [0.15, 0.2) is 0 Å². The fourth-order valence-corrected chi connectivity index (χ4v) is 1.77. The molecule has 0 saturated heterocycles. The molecule has 0 saturated carbocycles. The van der Waals surface area contributed by atoms with Gasteiger partial charge in [-0.25, -0.2) is 4.98 Å². The van der Waals surface area contributed by atoms with E-state index in [9.17, 15) is 10.1 Å². The van der Waals surface area contributed by atoms with Gasteiger partial charge in [0, 0.05) is 18.7 Å². The first-order valence-electron chi connectivity index (χ1n) is 5.22. The van der Waals surface area contributed by atoms with E-state index in [1.54, 1.807) is 6.92 Å². The van der Waals surface area contributed by atoms with Crippen LogP contribution in [0, 0.1) is 17.0 Å². The summed E-state index contributed by atoms with van der Waals surface area (Å²) in [4.78, 5) is 14.2. The summed E-state index contributed by atoms with van der Waals surface area (Å²) in [5, 5.41) is 22.4. The van der Waals surface area contributed by atoms with Gasteiger partial charge in [-0.1, -0.05) is 0 Å². The number of hydrogen-bond acceptors (Lipinski definition) is 5. The Morgan fingerprint density at radius 3 is 2.88 bits per heavy atom. The number of aliphatic hydroxyl groups excluding tert-OH is 1. The lowest BCUT2D eigenvalue weighted by molar-refractivity contribution is -0.385. The van der Waals surface area contributed by atoms with Gasteiger partial charge >= 0.3 is 0 Å². The van der Waals surface area contributed by atoms with Gasteiger partial charge in [0.2, 0.25) is 0 Å². The molecule has 0 radical (unpaired) electrons. The first-order chi connectivity index (χ1) is 8.07. The minimum atomic E-state index is -0.456. The Morgan fingerprint density at radius 2 is 2.29 bits per heavy atom. The molecule has 0 aliphatic heterocycles. The summed E-state index contributed by atoms with van der Waals surface area (Å²) in [6.45, 7) is 2.50. The summed E-state index contributed by atoms with van der Waals surface area (Å²) >= 11 is 3.29. The molecule has 0 atom stereocenters. The van der Waals surface area contributed by atoms with Gasteiger partial charge < -0.3 is 10.4 Å². The van der Waals surface area contributed by atoms with Crippen molar-refractivity contribution in [3.63, 3.8) is 0 Å². The molecule has 0 aliphatic carbocycles. The fraction of sp³-hybridized carbons (Fsp3) is 0.500. The molecule has 0 spiro atoms. The van der Waals surface area contributed by atoms with Gasteiger partial charge in [0.1, 0.15) is 12.0 Å². The van der Waals surface area contributed by atoms with E-state index in [2.05, 4.69) is 26.2 Å². The summed E-state index contributed by atoms with van der Waals surface area (Å²) in [6.07, 6.45) is 2.78. The zero-order valence-electron chi connectivity index (χ0n) is 9.44. The topological polar surface area (TPSA) is 88.3 Å². The number of aromatic nitrogens is 1. The number of unbranched alkanes of at least 4 members (excludes halogenated alkanes) is 1. The summed E-state index contributed by atoms with van der Waals surface area (Å²) in [7, 11) is 0. The monoisotopic (exact) mass is 303 g/mol. The van der Waals surface area contributed by atoms with Gasteiger partial charge in [-0.2, -0.15) is 0 Å². The van der Waals surface area contributed by atoms with Crippen LogP contribution in [0.1, 0.15) is 18.4 Å². The zero-order chi connectivity index (χ0) is 12.8. The average Bonchev–Trinajstić information content (AvgIpc) is 2.29. The molecular weight excluding hydrogens is 290 g/mol. The van der Waals surface area contributed by atoms with Crippen molar-refractivity contribution in [2.24, 2.45) is 0 Å². The highest BCUT2D eigenvalue weighted by Gasteiger charge is 2.16. The van der Waals surface area contributed by atoms with Crippen LogP contribution in [0.5, 0.6) is 0 Å². The number of anilines is 1. The Labute approximate surface area is 107 Å². The second kappa shape index (κ2) is 6.51. The van der Waals surface area contributed by atoms with Crippen molar-refractivity contribution in [3.05, 3.63) is 26.3 Å². The molecule has 0 unspecified atom stereocenters. The molecule has 2 N–H and O–H groups in total. The highest BCUT2D eigenvalue weighted by atomic mass is 79.9. The third-order valence-corrected chi connectivity index (χ3v) is 3.28. The molecular formula is C10H14BrN3O3.